The lowest BCUT2D eigenvalue weighted by Gasteiger charge is -2.35. The number of benzene rings is 3. The summed E-state index contributed by atoms with van der Waals surface area (Å²) >= 11 is 0. The Hall–Kier alpha value is -9.29. The average molecular weight is 1880 g/mol. The van der Waals surface area contributed by atoms with E-state index in [0.29, 0.717) is 114 Å². The summed E-state index contributed by atoms with van der Waals surface area (Å²) in [5, 5.41) is 19.0. The van der Waals surface area contributed by atoms with E-state index in [1.165, 1.54) is 24.0 Å². The fourth-order valence-corrected chi connectivity index (χ4v) is 23.7. The van der Waals surface area contributed by atoms with Gasteiger partial charge in [-0.05, 0) is 269 Å². The summed E-state index contributed by atoms with van der Waals surface area (Å²) in [4.78, 5) is 196. The van der Waals surface area contributed by atoms with Gasteiger partial charge in [-0.2, -0.15) is 0 Å². The predicted octanol–water partition coefficient (Wildman–Crippen LogP) is 18.3. The molecule has 2 N–H and O–H groups in total. The molecule has 23 unspecified atom stereocenters. The maximum absolute atomic E-state index is 13.4. The van der Waals surface area contributed by atoms with Gasteiger partial charge in [-0.25, -0.2) is 0 Å². The van der Waals surface area contributed by atoms with Crippen LogP contribution in [0.15, 0.2) is 91.0 Å². The minimum Gasteiger partial charge on any atom is -0.481 e. The average Bonchev–Trinajstić information content (AvgIpc) is 1.64. The van der Waals surface area contributed by atoms with E-state index in [1.54, 1.807) is 53.4 Å². The molecule has 25 heteroatoms. The van der Waals surface area contributed by atoms with Crippen LogP contribution in [0.2, 0.25) is 0 Å². The molecule has 9 aliphatic rings. The van der Waals surface area contributed by atoms with Gasteiger partial charge in [-0.15, -0.1) is 0 Å². The van der Waals surface area contributed by atoms with Crippen LogP contribution in [0.3, 0.4) is 0 Å². The van der Waals surface area contributed by atoms with Crippen molar-refractivity contribution in [1.29, 1.82) is 0 Å². The van der Waals surface area contributed by atoms with Gasteiger partial charge in [0.2, 0.25) is 29.5 Å². The summed E-state index contributed by atoms with van der Waals surface area (Å²) in [6, 6.07) is 29.2. The van der Waals surface area contributed by atoms with E-state index >= 15 is 0 Å². The third-order valence-corrected chi connectivity index (χ3v) is 30.8. The highest BCUT2D eigenvalue weighted by molar-refractivity contribution is 5.93. The first-order valence-electron chi connectivity index (χ1n) is 51.7. The second-order valence-electron chi connectivity index (χ2n) is 40.7. The van der Waals surface area contributed by atoms with E-state index in [2.05, 4.69) is 12.1 Å². The van der Waals surface area contributed by atoms with Gasteiger partial charge in [-0.1, -0.05) is 191 Å². The lowest BCUT2D eigenvalue weighted by Crippen LogP contribution is -2.48. The Morgan fingerprint density at radius 2 is 0.548 bits per heavy atom. The number of carbonyl (C=O) groups is 15. The zero-order valence-electron chi connectivity index (χ0n) is 84.0. The number of hydrogen-bond donors (Lipinski definition) is 2. The SMILES string of the molecule is CC(=O)C1CC2CCCC2N1C(=O)C(C)CC(CCc1ccccc1)C(=O)O.CCCC(CC(C)C(=O)N1C(C(C)=O)CC2CCCCC21)C(=O)O.CCCC(CC(C)C(=O)N1C(C(C)=O)CC2CCCCC21)C(=O)OCC.CCOC(=O)C(CCc1ccccc1)CC(C)C(=O)N1C(C(C)=O)CC2CCCC21.CCOC(=O)C(CCc1ccccc1)CC(C)C(=O)N1CCCC1C(C)=O. The van der Waals surface area contributed by atoms with Crippen molar-refractivity contribution >= 4 is 88.3 Å². The molecule has 4 aliphatic carbocycles. The van der Waals surface area contributed by atoms with Gasteiger partial charge < -0.3 is 48.9 Å². The third kappa shape index (κ3) is 31.4. The number of ketones is 5. The largest absolute Gasteiger partial charge is 0.481 e. The Morgan fingerprint density at radius 1 is 0.304 bits per heavy atom. The number of likely N-dealkylation sites (tertiary alicyclic amines) is 5. The van der Waals surface area contributed by atoms with E-state index in [-0.39, 0.29) is 172 Å². The van der Waals surface area contributed by atoms with Gasteiger partial charge in [0.1, 0.15) is 0 Å². The topological polar surface area (TPSA) is 340 Å². The molecule has 0 aromatic heterocycles. The van der Waals surface area contributed by atoms with Crippen LogP contribution in [0.1, 0.15) is 326 Å². The summed E-state index contributed by atoms with van der Waals surface area (Å²) in [6.45, 7) is 28.2. The molecule has 5 aliphatic heterocycles. The van der Waals surface area contributed by atoms with Gasteiger partial charge in [0.05, 0.1) is 79.6 Å². The Balaban J connectivity index is 0.000000208. The Morgan fingerprint density at radius 3 is 0.830 bits per heavy atom. The van der Waals surface area contributed by atoms with Crippen LogP contribution in [0.25, 0.3) is 0 Å². The molecule has 748 valence electrons. The van der Waals surface area contributed by atoms with Crippen molar-refractivity contribution in [2.24, 2.45) is 82.9 Å². The van der Waals surface area contributed by atoms with Crippen LogP contribution in [0, 0.1) is 82.9 Å². The summed E-state index contributed by atoms with van der Waals surface area (Å²) in [6.07, 6.45) is 29.1. The summed E-state index contributed by atoms with van der Waals surface area (Å²) in [5.74, 6) is -3.77. The van der Waals surface area contributed by atoms with Crippen molar-refractivity contribution in [3.8, 4) is 0 Å². The van der Waals surface area contributed by atoms with Crippen LogP contribution in [-0.2, 0) is 105 Å². The van der Waals surface area contributed by atoms with E-state index in [0.717, 1.165) is 153 Å². The number of fused-ring (bicyclic) bond motifs is 4. The highest BCUT2D eigenvalue weighted by atomic mass is 16.5. The van der Waals surface area contributed by atoms with Gasteiger partial charge in [-0.3, -0.25) is 71.9 Å². The highest BCUT2D eigenvalue weighted by Gasteiger charge is 2.53. The van der Waals surface area contributed by atoms with Gasteiger partial charge in [0.25, 0.3) is 0 Å². The zero-order valence-corrected chi connectivity index (χ0v) is 84.0. The number of carboxylic acids is 2. The van der Waals surface area contributed by atoms with Gasteiger partial charge in [0.15, 0.2) is 28.9 Å². The van der Waals surface area contributed by atoms with Crippen molar-refractivity contribution in [2.75, 3.05) is 26.4 Å². The number of aryl methyl sites for hydroxylation is 3. The minimum absolute atomic E-state index is 0.0213. The number of ether oxygens (including phenoxy) is 3. The normalized spacial score (nSPS) is 25.1. The first-order chi connectivity index (χ1) is 64.5. The smallest absolute Gasteiger partial charge is 0.308 e. The van der Waals surface area contributed by atoms with Crippen molar-refractivity contribution in [2.45, 2.75) is 383 Å². The molecule has 23 atom stereocenters. The number of carboxylic acid groups (broad SMARTS) is 2. The number of carbonyl (C=O) groups excluding carboxylic acids is 13. The molecular formula is C110H163N5O20. The van der Waals surface area contributed by atoms with Crippen molar-refractivity contribution < 1.29 is 96.3 Å². The highest BCUT2D eigenvalue weighted by Crippen LogP contribution is 2.47. The molecule has 3 aromatic rings. The molecule has 0 bridgehead atoms. The molecule has 5 saturated heterocycles. The molecule has 25 nitrogen and oxygen atoms in total. The van der Waals surface area contributed by atoms with Gasteiger partial charge >= 0.3 is 29.8 Å². The molecule has 4 saturated carbocycles. The molecule has 3 aromatic carbocycles. The lowest BCUT2D eigenvalue weighted by molar-refractivity contribution is -0.151. The standard InChI is InChI=1S/C25H35NO4.C23H31NO4.C22H31NO4.C21H35NO4.C19H31NO4/c1-4-30-25(29)21(14-13-19-9-6-5-7-10-19)15-17(2)24(28)26-22-12-8-11-20(22)16-23(26)18(3)27;1-15(13-19(23(27)28)12-11-17-7-4-3-5-8-17)22(26)24-20-10-6-9-18(20)14-21(24)16(2)25;1-4-27-22(26)19(13-12-18-9-6-5-7-10-18)15-16(2)21(25)23-14-8-11-20(23)17(3)24;1-5-9-17(21(25)26-6-2)12-14(3)20(24)22-18-11-8-7-10-16(18)13-19(22)15(4)23;1-4-7-15(19(23)24)10-12(2)18(22)20-16-9-6-5-8-14(16)11-17(20)13(3)21/h5-7,9-10,17,20-23H,4,8,11-16H2,1-3H3;3-5,7-8,15,18-21H,6,9-14H2,1-2H3,(H,27,28);5-7,9-10,16,19-20H,4,8,11-15H2,1-3H3;14,16-19H,5-13H2,1-4H3;12,14-17H,4-11H2,1-3H3,(H,23,24). The maximum Gasteiger partial charge on any atom is 0.308 e. The van der Waals surface area contributed by atoms with Crippen LogP contribution in [-0.4, -0.2) is 204 Å². The molecule has 12 rings (SSSR count). The Labute approximate surface area is 804 Å². The number of Topliss-reactive ketones (excluding diaryl/α,β-unsaturated/α-hetero) is 5. The maximum atomic E-state index is 13.4. The number of esters is 3. The number of aliphatic carboxylic acids is 2. The van der Waals surface area contributed by atoms with E-state index in [4.69, 9.17) is 14.2 Å². The summed E-state index contributed by atoms with van der Waals surface area (Å²) in [5.41, 5.74) is 3.45. The molecular weight excluding hydrogens is 1710 g/mol. The number of rotatable bonds is 41. The second kappa shape index (κ2) is 55.3. The fourth-order valence-electron chi connectivity index (χ4n) is 23.7. The van der Waals surface area contributed by atoms with E-state index in [1.807, 2.05) is 154 Å². The third-order valence-electron chi connectivity index (χ3n) is 30.8. The first-order valence-corrected chi connectivity index (χ1v) is 51.7. The zero-order chi connectivity index (χ0) is 98.9. The molecule has 5 amide bonds. The summed E-state index contributed by atoms with van der Waals surface area (Å²) < 4.78 is 15.7. The first kappa shape index (κ1) is 111. The molecule has 9 fully saturated rings. The summed E-state index contributed by atoms with van der Waals surface area (Å²) in [7, 11) is 0. The molecule has 5 heterocycles. The number of nitrogens with zero attached hydrogens (tertiary/aromatic N) is 5. The Kier molecular flexibility index (Phi) is 45.5. The van der Waals surface area contributed by atoms with Crippen molar-refractivity contribution in [3.63, 3.8) is 0 Å². The lowest BCUT2D eigenvalue weighted by atomic mass is 9.84. The molecule has 0 spiro atoms. The molecule has 0 radical (unpaired) electrons. The Bertz CT molecular complexity index is 4370. The van der Waals surface area contributed by atoms with E-state index in [9.17, 15) is 82.1 Å². The fraction of sp³-hybridized carbons (Fsp3) is 0.700. The molecule has 135 heavy (non-hydrogen) atoms. The number of hydrogen-bond acceptors (Lipinski definition) is 18. The van der Waals surface area contributed by atoms with Crippen LogP contribution >= 0.6 is 0 Å². The van der Waals surface area contributed by atoms with Crippen LogP contribution in [0.4, 0.5) is 0 Å². The number of amides is 5. The monoisotopic (exact) mass is 1870 g/mol. The second-order valence-corrected chi connectivity index (χ2v) is 40.7. The predicted molar refractivity (Wildman–Crippen MR) is 519 cm³/mol. The van der Waals surface area contributed by atoms with Crippen molar-refractivity contribution in [1.82, 2.24) is 24.5 Å². The minimum atomic E-state index is -0.848. The quantitative estimate of drug-likeness (QED) is 0.0393. The van der Waals surface area contributed by atoms with E-state index < -0.39 is 29.7 Å². The van der Waals surface area contributed by atoms with Gasteiger partial charge in [0, 0.05) is 60.3 Å². The van der Waals surface area contributed by atoms with Crippen molar-refractivity contribution in [3.05, 3.63) is 108 Å². The van der Waals surface area contributed by atoms with Crippen LogP contribution in [0.5, 0.6) is 0 Å². The van der Waals surface area contributed by atoms with Crippen LogP contribution < -0.4 is 0 Å².